The van der Waals surface area contributed by atoms with Gasteiger partial charge in [-0.2, -0.15) is 0 Å². The van der Waals surface area contributed by atoms with Gasteiger partial charge in [0.2, 0.25) is 0 Å². The minimum atomic E-state index is -0.566. The molecule has 3 aromatic heterocycles. The van der Waals surface area contributed by atoms with Crippen molar-refractivity contribution in [3.05, 3.63) is 68.3 Å². The molecular weight excluding hydrogens is 418 g/mol. The molecule has 1 saturated heterocycles. The first-order valence-corrected chi connectivity index (χ1v) is 11.8. The molecule has 0 aromatic carbocycles. The number of carbonyl (C=O) groups excluding carboxylic acids is 1. The van der Waals surface area contributed by atoms with Crippen LogP contribution in [0.4, 0.5) is 0 Å². The molecule has 174 valence electrons. The number of carbonyl (C=O) groups is 1. The largest absolute Gasteiger partial charge is 0.332 e. The zero-order chi connectivity index (χ0) is 23.5. The number of aromatic nitrogens is 4. The Kier molecular flexibility index (Phi) is 6.72. The van der Waals surface area contributed by atoms with Crippen LogP contribution in [-0.2, 0) is 6.54 Å². The maximum absolute atomic E-state index is 14.1. The molecule has 1 aliphatic heterocycles. The minimum absolute atomic E-state index is 0.0329. The molecule has 1 atom stereocenters. The van der Waals surface area contributed by atoms with Gasteiger partial charge in [0.25, 0.3) is 11.5 Å². The molecule has 1 unspecified atom stereocenters. The molecule has 33 heavy (non-hydrogen) atoms. The van der Waals surface area contributed by atoms with Gasteiger partial charge < -0.3 is 4.90 Å². The lowest BCUT2D eigenvalue weighted by molar-refractivity contribution is 0.0682. The van der Waals surface area contributed by atoms with E-state index in [1.807, 2.05) is 37.8 Å². The van der Waals surface area contributed by atoms with Gasteiger partial charge >= 0.3 is 5.69 Å². The van der Waals surface area contributed by atoms with Crippen LogP contribution in [0.15, 0.2) is 40.2 Å². The predicted molar refractivity (Wildman–Crippen MR) is 127 cm³/mol. The van der Waals surface area contributed by atoms with Crippen molar-refractivity contribution in [3.63, 3.8) is 0 Å². The molecule has 1 N–H and O–H groups in total. The number of amides is 1. The summed E-state index contributed by atoms with van der Waals surface area (Å²) in [6.07, 6.45) is 8.04. The average molecular weight is 450 g/mol. The molecule has 8 nitrogen and oxygen atoms in total. The van der Waals surface area contributed by atoms with Crippen LogP contribution in [0.2, 0.25) is 0 Å². The number of rotatable bonds is 5. The lowest BCUT2D eigenvalue weighted by atomic mass is 9.99. The van der Waals surface area contributed by atoms with Crippen LogP contribution >= 0.6 is 0 Å². The fourth-order valence-electron chi connectivity index (χ4n) is 4.63. The third-order valence-corrected chi connectivity index (χ3v) is 6.34. The maximum atomic E-state index is 14.1. The monoisotopic (exact) mass is 449 g/mol. The Balaban J connectivity index is 1.93. The molecule has 1 fully saturated rings. The molecule has 4 rings (SSSR count). The highest BCUT2D eigenvalue weighted by Crippen LogP contribution is 2.32. The first-order chi connectivity index (χ1) is 15.9. The summed E-state index contributed by atoms with van der Waals surface area (Å²) in [5.74, 6) is -0.161. The summed E-state index contributed by atoms with van der Waals surface area (Å²) < 4.78 is 1.47. The van der Waals surface area contributed by atoms with Crippen molar-refractivity contribution in [2.45, 2.75) is 71.4 Å². The van der Waals surface area contributed by atoms with Gasteiger partial charge in [0.1, 0.15) is 0 Å². The average Bonchev–Trinajstić information content (AvgIpc) is 3.07. The van der Waals surface area contributed by atoms with E-state index in [-0.39, 0.29) is 28.9 Å². The summed E-state index contributed by atoms with van der Waals surface area (Å²) in [5, 5.41) is 0.190. The van der Waals surface area contributed by atoms with Gasteiger partial charge in [-0.05, 0) is 48.9 Å². The van der Waals surface area contributed by atoms with E-state index < -0.39 is 11.2 Å². The van der Waals surface area contributed by atoms with Gasteiger partial charge in [-0.1, -0.05) is 33.6 Å². The van der Waals surface area contributed by atoms with E-state index >= 15 is 0 Å². The number of nitrogens with zero attached hydrogens (tertiary/aromatic N) is 4. The van der Waals surface area contributed by atoms with E-state index in [2.05, 4.69) is 15.0 Å². The van der Waals surface area contributed by atoms with E-state index in [1.165, 1.54) is 4.57 Å². The van der Waals surface area contributed by atoms with Crippen LogP contribution in [0, 0.1) is 0 Å². The second-order valence-electron chi connectivity index (χ2n) is 9.00. The third kappa shape index (κ3) is 4.47. The highest BCUT2D eigenvalue weighted by Gasteiger charge is 2.30. The van der Waals surface area contributed by atoms with E-state index in [4.69, 9.17) is 0 Å². The van der Waals surface area contributed by atoms with Gasteiger partial charge in [0.15, 0.2) is 5.65 Å². The van der Waals surface area contributed by atoms with Crippen molar-refractivity contribution >= 4 is 16.9 Å². The highest BCUT2D eigenvalue weighted by molar-refractivity contribution is 6.05. The van der Waals surface area contributed by atoms with Crippen molar-refractivity contribution in [2.75, 3.05) is 6.54 Å². The Hall–Kier alpha value is -3.29. The Morgan fingerprint density at radius 3 is 2.64 bits per heavy atom. The number of likely N-dealkylation sites (tertiary alicyclic amines) is 1. The lowest BCUT2D eigenvalue weighted by Crippen LogP contribution is -2.37. The van der Waals surface area contributed by atoms with Crippen molar-refractivity contribution in [2.24, 2.45) is 0 Å². The molecule has 0 aliphatic carbocycles. The van der Waals surface area contributed by atoms with E-state index in [0.717, 1.165) is 31.2 Å². The van der Waals surface area contributed by atoms with Gasteiger partial charge in [0.05, 0.1) is 17.0 Å². The zero-order valence-corrected chi connectivity index (χ0v) is 19.5. The van der Waals surface area contributed by atoms with Crippen LogP contribution in [-0.4, -0.2) is 36.9 Å². The van der Waals surface area contributed by atoms with Crippen molar-refractivity contribution in [3.8, 4) is 0 Å². The predicted octanol–water partition coefficient (Wildman–Crippen LogP) is 3.77. The molecule has 1 aliphatic rings. The molecule has 0 radical (unpaired) electrons. The Labute approximate surface area is 192 Å². The summed E-state index contributed by atoms with van der Waals surface area (Å²) in [7, 11) is 0. The summed E-state index contributed by atoms with van der Waals surface area (Å²) in [5.41, 5.74) is 1.27. The van der Waals surface area contributed by atoms with Crippen LogP contribution in [0.25, 0.3) is 11.0 Å². The zero-order valence-electron chi connectivity index (χ0n) is 19.5. The number of aromatic amines is 1. The van der Waals surface area contributed by atoms with Gasteiger partial charge in [-0.25, -0.2) is 9.78 Å². The fraction of sp³-hybridized carbons (Fsp3) is 0.480. The van der Waals surface area contributed by atoms with Crippen LogP contribution in [0.3, 0.4) is 0 Å². The molecule has 8 heteroatoms. The molecular formula is C25H31N5O3. The first kappa shape index (κ1) is 22.9. The third-order valence-electron chi connectivity index (χ3n) is 6.34. The Bertz CT molecular complexity index is 1260. The normalized spacial score (nSPS) is 16.8. The maximum Gasteiger partial charge on any atom is 0.329 e. The summed E-state index contributed by atoms with van der Waals surface area (Å²) in [4.78, 5) is 52.7. The summed E-state index contributed by atoms with van der Waals surface area (Å²) in [6, 6.07) is 5.55. The van der Waals surface area contributed by atoms with Crippen molar-refractivity contribution < 1.29 is 4.79 Å². The summed E-state index contributed by atoms with van der Waals surface area (Å²) >= 11 is 0. The van der Waals surface area contributed by atoms with E-state index in [0.29, 0.717) is 30.8 Å². The second kappa shape index (κ2) is 9.68. The van der Waals surface area contributed by atoms with Crippen molar-refractivity contribution in [1.29, 1.82) is 0 Å². The number of fused-ring (bicyclic) bond motifs is 1. The molecule has 0 bridgehead atoms. The smallest absolute Gasteiger partial charge is 0.329 e. The van der Waals surface area contributed by atoms with Gasteiger partial charge in [-0.15, -0.1) is 0 Å². The Morgan fingerprint density at radius 2 is 1.94 bits per heavy atom. The number of aryl methyl sites for hydroxylation is 1. The SMILES string of the molecule is CCCn1c(=O)[nH]c(=O)c2c(C(=O)N3CCCCCC3c3ccncc3)cc(C(C)C)nc21. The first-order valence-electron chi connectivity index (χ1n) is 11.8. The lowest BCUT2D eigenvalue weighted by Gasteiger charge is -2.31. The number of hydrogen-bond donors (Lipinski definition) is 1. The fourth-order valence-corrected chi connectivity index (χ4v) is 4.63. The van der Waals surface area contributed by atoms with Crippen LogP contribution in [0.5, 0.6) is 0 Å². The van der Waals surface area contributed by atoms with Crippen LogP contribution < -0.4 is 11.2 Å². The molecule has 4 heterocycles. The molecule has 0 spiro atoms. The number of hydrogen-bond acceptors (Lipinski definition) is 5. The number of pyridine rings is 2. The van der Waals surface area contributed by atoms with Gasteiger partial charge in [-0.3, -0.25) is 24.1 Å². The molecule has 3 aromatic rings. The van der Waals surface area contributed by atoms with Crippen LogP contribution in [0.1, 0.15) is 86.5 Å². The quantitative estimate of drug-likeness (QED) is 0.639. The molecule has 1 amide bonds. The second-order valence-corrected chi connectivity index (χ2v) is 9.00. The van der Waals surface area contributed by atoms with Crippen molar-refractivity contribution in [1.82, 2.24) is 24.4 Å². The summed E-state index contributed by atoms with van der Waals surface area (Å²) in [6.45, 7) is 6.96. The van der Waals surface area contributed by atoms with E-state index in [9.17, 15) is 14.4 Å². The topological polar surface area (TPSA) is 101 Å². The number of nitrogens with one attached hydrogen (secondary N) is 1. The number of H-pyrrole nitrogens is 1. The Morgan fingerprint density at radius 1 is 1.18 bits per heavy atom. The highest BCUT2D eigenvalue weighted by atomic mass is 16.2. The molecule has 0 saturated carbocycles. The van der Waals surface area contributed by atoms with Gasteiger partial charge in [0, 0.05) is 31.2 Å². The van der Waals surface area contributed by atoms with E-state index in [1.54, 1.807) is 18.5 Å². The standard InChI is InChI=1S/C25H31N5O3/c1-4-13-30-22-21(23(31)28-25(30)33)18(15-19(27-22)16(2)3)24(32)29-14-7-5-6-8-20(29)17-9-11-26-12-10-17/h9-12,15-16,20H,4-8,13-14H2,1-3H3,(H,28,31,33). The minimum Gasteiger partial charge on any atom is -0.332 e.